The lowest BCUT2D eigenvalue weighted by molar-refractivity contribution is -0.179. The molecule has 34 heavy (non-hydrogen) atoms. The highest BCUT2D eigenvalue weighted by molar-refractivity contribution is 5.93. The van der Waals surface area contributed by atoms with E-state index in [4.69, 9.17) is 4.74 Å². The first kappa shape index (κ1) is 22.7. The molecule has 2 aliphatic rings. The number of ether oxygens (including phenoxy) is 1. The molecule has 182 valence electrons. The molecule has 1 saturated heterocycles. The van der Waals surface area contributed by atoms with Crippen LogP contribution in [0.25, 0.3) is 22.3 Å². The number of fused-ring (bicyclic) bond motifs is 1. The zero-order valence-corrected chi connectivity index (χ0v) is 19.3. The number of aryl methyl sites for hydroxylation is 1. The third-order valence-corrected chi connectivity index (χ3v) is 6.79. The maximum absolute atomic E-state index is 13.4. The van der Waals surface area contributed by atoms with E-state index in [2.05, 4.69) is 22.2 Å². The zero-order valence-electron chi connectivity index (χ0n) is 19.3. The van der Waals surface area contributed by atoms with Gasteiger partial charge in [0.15, 0.2) is 0 Å². The van der Waals surface area contributed by atoms with E-state index >= 15 is 0 Å². The molecule has 1 N–H and O–H groups in total. The molecule has 1 unspecified atom stereocenters. The molecule has 3 heterocycles. The van der Waals surface area contributed by atoms with E-state index in [9.17, 15) is 18.0 Å². The summed E-state index contributed by atoms with van der Waals surface area (Å²) in [7, 11) is 3.00. The average molecular weight is 477 g/mol. The van der Waals surface area contributed by atoms with Crippen molar-refractivity contribution in [2.24, 2.45) is 7.05 Å². The van der Waals surface area contributed by atoms with Crippen LogP contribution in [-0.4, -0.2) is 69.4 Å². The Bertz CT molecular complexity index is 1280. The molecule has 1 aliphatic carbocycles. The number of aromatic nitrogens is 4. The normalized spacial score (nSPS) is 21.0. The van der Waals surface area contributed by atoms with Gasteiger partial charge in [-0.05, 0) is 57.5 Å². The molecule has 1 aliphatic heterocycles. The lowest BCUT2D eigenvalue weighted by Gasteiger charge is -2.26. The van der Waals surface area contributed by atoms with Crippen molar-refractivity contribution in [2.75, 3.05) is 31.6 Å². The van der Waals surface area contributed by atoms with Crippen LogP contribution in [0.3, 0.4) is 0 Å². The summed E-state index contributed by atoms with van der Waals surface area (Å²) in [4.78, 5) is 15.9. The van der Waals surface area contributed by atoms with Crippen LogP contribution in [0, 0.1) is 0 Å². The molecule has 11 heteroatoms. The van der Waals surface area contributed by atoms with Crippen LogP contribution in [0.4, 0.5) is 18.9 Å². The number of likely N-dealkylation sites (N-methyl/N-ethyl adjacent to an activating group) is 1. The van der Waals surface area contributed by atoms with Crippen molar-refractivity contribution in [3.8, 4) is 17.1 Å². The lowest BCUT2D eigenvalue weighted by atomic mass is 10.1. The Morgan fingerprint density at radius 2 is 1.91 bits per heavy atom. The average Bonchev–Trinajstić information content (AvgIpc) is 3.40. The summed E-state index contributed by atoms with van der Waals surface area (Å²) in [6, 6.07) is 5.76. The van der Waals surface area contributed by atoms with Gasteiger partial charge in [-0.2, -0.15) is 23.4 Å². The molecule has 1 saturated carbocycles. The number of nitrogens with zero attached hydrogens (tertiary/aromatic N) is 5. The van der Waals surface area contributed by atoms with Gasteiger partial charge in [-0.1, -0.05) is 0 Å². The smallest absolute Gasteiger partial charge is 0.404 e. The Hall–Kier alpha value is -3.08. The van der Waals surface area contributed by atoms with Crippen molar-refractivity contribution in [1.29, 1.82) is 0 Å². The minimum absolute atomic E-state index is 0.116. The van der Waals surface area contributed by atoms with Crippen LogP contribution in [0.1, 0.15) is 26.2 Å². The number of halogens is 3. The van der Waals surface area contributed by atoms with Gasteiger partial charge >= 0.3 is 6.18 Å². The molecule has 3 aromatic rings. The highest BCUT2D eigenvalue weighted by Gasteiger charge is 2.43. The number of hydrogen-bond acceptors (Lipinski definition) is 6. The summed E-state index contributed by atoms with van der Waals surface area (Å²) in [5, 5.41) is 12.6. The molecule has 2 fully saturated rings. The quantitative estimate of drug-likeness (QED) is 0.623. The van der Waals surface area contributed by atoms with E-state index in [0.717, 1.165) is 29.5 Å². The largest absolute Gasteiger partial charge is 0.488 e. The van der Waals surface area contributed by atoms with Crippen molar-refractivity contribution < 1.29 is 17.9 Å². The van der Waals surface area contributed by atoms with E-state index in [1.54, 1.807) is 11.0 Å². The molecule has 0 amide bonds. The number of alkyl halides is 3. The third-order valence-electron chi connectivity index (χ3n) is 6.79. The topological polar surface area (TPSA) is 79.3 Å². The Morgan fingerprint density at radius 3 is 2.62 bits per heavy atom. The lowest BCUT2D eigenvalue weighted by Crippen LogP contribution is -2.43. The first-order valence-electron chi connectivity index (χ1n) is 11.3. The first-order chi connectivity index (χ1) is 16.0. The molecule has 2 aromatic heterocycles. The fraction of sp³-hybridized carbons (Fsp3) is 0.522. The van der Waals surface area contributed by atoms with Gasteiger partial charge in [0.25, 0.3) is 5.56 Å². The summed E-state index contributed by atoms with van der Waals surface area (Å²) in [5.74, 6) is 0.731. The molecule has 0 radical (unpaired) electrons. The number of rotatable bonds is 4. The number of nitrogens with one attached hydrogen (secondary N) is 1. The van der Waals surface area contributed by atoms with Crippen molar-refractivity contribution in [3.05, 3.63) is 34.6 Å². The minimum atomic E-state index is -4.32. The molecule has 1 aromatic carbocycles. The molecule has 0 bridgehead atoms. The Balaban J connectivity index is 1.50. The molecule has 0 spiro atoms. The van der Waals surface area contributed by atoms with Gasteiger partial charge in [-0.3, -0.25) is 14.8 Å². The van der Waals surface area contributed by atoms with Gasteiger partial charge < -0.3 is 9.64 Å². The molecule has 5 rings (SSSR count). The van der Waals surface area contributed by atoms with E-state index in [1.807, 2.05) is 18.2 Å². The Kier molecular flexibility index (Phi) is 5.34. The third kappa shape index (κ3) is 4.24. The monoisotopic (exact) mass is 476 g/mol. The standard InChI is InChI=1S/C23H27F3N6O2/c1-22(7-8-22)34-14-4-5-16-15(12-14)20(28-27-16)17-13-18(21(33)31(3)29-17)32-9-6-19(23(24,25)26)30(2)10-11-32/h4-5,12-13,19H,6-11H2,1-3H3,(H,27,28). The van der Waals surface area contributed by atoms with E-state index in [1.165, 1.54) is 23.7 Å². The molecule has 1 atom stereocenters. The van der Waals surface area contributed by atoms with Crippen LogP contribution in [-0.2, 0) is 7.05 Å². The molecular formula is C23H27F3N6O2. The van der Waals surface area contributed by atoms with Crippen molar-refractivity contribution in [3.63, 3.8) is 0 Å². The molecule has 8 nitrogen and oxygen atoms in total. The predicted molar refractivity (Wildman–Crippen MR) is 122 cm³/mol. The van der Waals surface area contributed by atoms with E-state index in [0.29, 0.717) is 23.6 Å². The second-order valence-corrected chi connectivity index (χ2v) is 9.49. The summed E-state index contributed by atoms with van der Waals surface area (Å²) < 4.78 is 47.6. The number of aromatic amines is 1. The van der Waals surface area contributed by atoms with E-state index in [-0.39, 0.29) is 30.7 Å². The van der Waals surface area contributed by atoms with Gasteiger partial charge in [0.2, 0.25) is 0 Å². The maximum atomic E-state index is 13.4. The Labute approximate surface area is 194 Å². The predicted octanol–water partition coefficient (Wildman–Crippen LogP) is 3.33. The number of H-pyrrole nitrogens is 1. The van der Waals surface area contributed by atoms with Crippen LogP contribution in [0.5, 0.6) is 5.75 Å². The number of benzene rings is 1. The van der Waals surface area contributed by atoms with Crippen LogP contribution in [0.2, 0.25) is 0 Å². The summed E-state index contributed by atoms with van der Waals surface area (Å²) >= 11 is 0. The van der Waals surface area contributed by atoms with Crippen molar-refractivity contribution in [1.82, 2.24) is 24.9 Å². The Morgan fingerprint density at radius 1 is 1.15 bits per heavy atom. The highest BCUT2D eigenvalue weighted by Crippen LogP contribution is 2.40. The van der Waals surface area contributed by atoms with Crippen LogP contribution in [0.15, 0.2) is 29.1 Å². The SMILES string of the molecule is CN1CCN(c2cc(-c3n[nH]c4ccc(OC5(C)CC5)cc34)nn(C)c2=O)CCC1C(F)(F)F. The second-order valence-electron chi connectivity index (χ2n) is 9.49. The van der Waals surface area contributed by atoms with Gasteiger partial charge in [-0.25, -0.2) is 4.68 Å². The van der Waals surface area contributed by atoms with Crippen molar-refractivity contribution >= 4 is 16.6 Å². The minimum Gasteiger partial charge on any atom is -0.488 e. The van der Waals surface area contributed by atoms with Gasteiger partial charge in [0.05, 0.1) is 5.52 Å². The van der Waals surface area contributed by atoms with Gasteiger partial charge in [-0.15, -0.1) is 0 Å². The maximum Gasteiger partial charge on any atom is 0.404 e. The van der Waals surface area contributed by atoms with Crippen molar-refractivity contribution in [2.45, 2.75) is 44.0 Å². The first-order valence-corrected chi connectivity index (χ1v) is 11.3. The zero-order chi connectivity index (χ0) is 24.3. The summed E-state index contributed by atoms with van der Waals surface area (Å²) in [5.41, 5.74) is 1.64. The summed E-state index contributed by atoms with van der Waals surface area (Å²) in [6.45, 7) is 2.68. The van der Waals surface area contributed by atoms with E-state index < -0.39 is 12.2 Å². The summed E-state index contributed by atoms with van der Waals surface area (Å²) in [6.07, 6.45) is -2.42. The number of hydrogen-bond donors (Lipinski definition) is 1. The second kappa shape index (κ2) is 8.00. The highest BCUT2D eigenvalue weighted by atomic mass is 19.4. The number of anilines is 1. The van der Waals surface area contributed by atoms with Crippen LogP contribution >= 0.6 is 0 Å². The van der Waals surface area contributed by atoms with Crippen LogP contribution < -0.4 is 15.2 Å². The van der Waals surface area contributed by atoms with Gasteiger partial charge in [0, 0.05) is 32.1 Å². The molecular weight excluding hydrogens is 449 g/mol. The fourth-order valence-corrected chi connectivity index (χ4v) is 4.45. The van der Waals surface area contributed by atoms with Gasteiger partial charge in [0.1, 0.15) is 34.5 Å². The fourth-order valence-electron chi connectivity index (χ4n) is 4.45.